The fourth-order valence-electron chi connectivity index (χ4n) is 3.63. The van der Waals surface area contributed by atoms with Gasteiger partial charge in [0.15, 0.2) is 5.65 Å². The molecule has 0 atom stereocenters. The number of anilines is 1. The van der Waals surface area contributed by atoms with Gasteiger partial charge in [0.05, 0.1) is 22.6 Å². The molecule has 0 spiro atoms. The Labute approximate surface area is 220 Å². The maximum absolute atomic E-state index is 12.0. The normalized spacial score (nSPS) is 11.3. The Morgan fingerprint density at radius 3 is 2.58 bits per heavy atom. The van der Waals surface area contributed by atoms with Gasteiger partial charge in [-0.2, -0.15) is 9.61 Å². The van der Waals surface area contributed by atoms with Crippen molar-refractivity contribution in [2.24, 2.45) is 0 Å². The summed E-state index contributed by atoms with van der Waals surface area (Å²) in [4.78, 5) is 16.8. The van der Waals surface area contributed by atoms with Gasteiger partial charge in [0, 0.05) is 35.8 Å². The second-order valence-electron chi connectivity index (χ2n) is 7.97. The molecule has 0 saturated heterocycles. The average molecular weight is 563 g/mol. The minimum absolute atomic E-state index is 0.182. The predicted octanol–water partition coefficient (Wildman–Crippen LogP) is 6.35. The molecule has 2 aromatic carbocycles. The third-order valence-electron chi connectivity index (χ3n) is 5.48. The van der Waals surface area contributed by atoms with E-state index in [1.807, 2.05) is 54.6 Å². The Morgan fingerprint density at radius 2 is 1.83 bits per heavy atom. The van der Waals surface area contributed by atoms with Crippen molar-refractivity contribution >= 4 is 51.0 Å². The summed E-state index contributed by atoms with van der Waals surface area (Å²) in [5.74, 6) is 1.24. The largest absolute Gasteiger partial charge is 0.465 e. The molecule has 0 aliphatic rings. The Hall–Kier alpha value is -3.88. The Balaban J connectivity index is 1.25. The summed E-state index contributed by atoms with van der Waals surface area (Å²) in [6, 6.07) is 21.2. The molecular weight excluding hydrogens is 542 g/mol. The first-order chi connectivity index (χ1) is 17.6. The van der Waals surface area contributed by atoms with Gasteiger partial charge in [-0.3, -0.25) is 4.79 Å². The SMILES string of the molecule is O=C(C=Cc1ccco1)NCc1ccc(CNc2cc(-c3ccccc3Cl)nc3c(Br)cnn23)cc1. The number of amides is 1. The van der Waals surface area contributed by atoms with Gasteiger partial charge in [-0.15, -0.1) is 0 Å². The summed E-state index contributed by atoms with van der Waals surface area (Å²) in [5, 5.41) is 11.4. The number of halogens is 2. The van der Waals surface area contributed by atoms with Gasteiger partial charge >= 0.3 is 0 Å². The molecule has 7 nitrogen and oxygen atoms in total. The van der Waals surface area contributed by atoms with E-state index in [1.54, 1.807) is 35.2 Å². The van der Waals surface area contributed by atoms with E-state index in [4.69, 9.17) is 21.0 Å². The van der Waals surface area contributed by atoms with Crippen molar-refractivity contribution in [3.8, 4) is 11.3 Å². The number of aromatic nitrogens is 3. The van der Waals surface area contributed by atoms with Crippen molar-refractivity contribution in [3.05, 3.63) is 112 Å². The van der Waals surface area contributed by atoms with E-state index in [0.29, 0.717) is 29.5 Å². The molecule has 180 valence electrons. The first-order valence-corrected chi connectivity index (χ1v) is 12.3. The van der Waals surface area contributed by atoms with Crippen molar-refractivity contribution < 1.29 is 9.21 Å². The highest BCUT2D eigenvalue weighted by Crippen LogP contribution is 2.30. The van der Waals surface area contributed by atoms with Crippen LogP contribution in [-0.2, 0) is 17.9 Å². The maximum atomic E-state index is 12.0. The minimum atomic E-state index is -0.182. The van der Waals surface area contributed by atoms with Crippen molar-refractivity contribution in [1.82, 2.24) is 19.9 Å². The standard InChI is InChI=1S/C27H21BrClN5O2/c28-22-17-32-34-25(14-24(33-27(22)34)21-5-1-2-6-23(21)29)30-15-18-7-9-19(10-8-18)16-31-26(35)12-11-20-4-3-13-36-20/h1-14,17,30H,15-16H2,(H,31,35). The quantitative estimate of drug-likeness (QED) is 0.215. The minimum Gasteiger partial charge on any atom is -0.465 e. The van der Waals surface area contributed by atoms with E-state index in [0.717, 1.165) is 32.7 Å². The van der Waals surface area contributed by atoms with E-state index in [-0.39, 0.29) is 5.91 Å². The van der Waals surface area contributed by atoms with Crippen LogP contribution in [0.2, 0.25) is 5.02 Å². The third kappa shape index (κ3) is 5.50. The number of nitrogens with zero attached hydrogens (tertiary/aromatic N) is 3. The van der Waals surface area contributed by atoms with E-state index >= 15 is 0 Å². The number of carbonyl (C=O) groups excluding carboxylic acids is 1. The lowest BCUT2D eigenvalue weighted by Gasteiger charge is -2.12. The Kier molecular flexibility index (Phi) is 7.16. The molecule has 2 N–H and O–H groups in total. The van der Waals surface area contributed by atoms with Gasteiger partial charge in [-0.05, 0) is 51.3 Å². The molecule has 0 unspecified atom stereocenters. The smallest absolute Gasteiger partial charge is 0.244 e. The van der Waals surface area contributed by atoms with Crippen LogP contribution < -0.4 is 10.6 Å². The lowest BCUT2D eigenvalue weighted by atomic mass is 10.1. The summed E-state index contributed by atoms with van der Waals surface area (Å²) in [7, 11) is 0. The highest BCUT2D eigenvalue weighted by atomic mass is 79.9. The predicted molar refractivity (Wildman–Crippen MR) is 144 cm³/mol. The molecule has 0 radical (unpaired) electrons. The second kappa shape index (κ2) is 10.8. The molecule has 9 heteroatoms. The van der Waals surface area contributed by atoms with Crippen molar-refractivity contribution in [1.29, 1.82) is 0 Å². The zero-order chi connectivity index (χ0) is 24.9. The van der Waals surface area contributed by atoms with E-state index in [2.05, 4.69) is 31.7 Å². The number of rotatable bonds is 8. The number of hydrogen-bond donors (Lipinski definition) is 2. The molecule has 0 bridgehead atoms. The van der Waals surface area contributed by atoms with Crippen LogP contribution in [0.4, 0.5) is 5.82 Å². The van der Waals surface area contributed by atoms with Crippen LogP contribution in [0.3, 0.4) is 0 Å². The number of carbonyl (C=O) groups is 1. The van der Waals surface area contributed by atoms with Crippen molar-refractivity contribution in [2.45, 2.75) is 13.1 Å². The summed E-state index contributed by atoms with van der Waals surface area (Å²) in [6.07, 6.45) is 6.38. The van der Waals surface area contributed by atoms with Crippen LogP contribution in [-0.4, -0.2) is 20.5 Å². The summed E-state index contributed by atoms with van der Waals surface area (Å²) < 4.78 is 7.73. The Morgan fingerprint density at radius 1 is 1.06 bits per heavy atom. The second-order valence-corrected chi connectivity index (χ2v) is 9.23. The van der Waals surface area contributed by atoms with Crippen LogP contribution in [0.1, 0.15) is 16.9 Å². The van der Waals surface area contributed by atoms with E-state index in [1.165, 1.54) is 6.08 Å². The fourth-order valence-corrected chi connectivity index (χ4v) is 4.21. The monoisotopic (exact) mass is 561 g/mol. The molecule has 5 rings (SSSR count). The zero-order valence-electron chi connectivity index (χ0n) is 19.0. The molecule has 3 heterocycles. The average Bonchev–Trinajstić information content (AvgIpc) is 3.56. The third-order valence-corrected chi connectivity index (χ3v) is 6.37. The van der Waals surface area contributed by atoms with E-state index < -0.39 is 0 Å². The molecular formula is C27H21BrClN5O2. The van der Waals surface area contributed by atoms with Gasteiger partial charge in [0.2, 0.25) is 5.91 Å². The van der Waals surface area contributed by atoms with E-state index in [9.17, 15) is 4.79 Å². The van der Waals surface area contributed by atoms with Gasteiger partial charge in [0.1, 0.15) is 11.6 Å². The van der Waals surface area contributed by atoms with Crippen molar-refractivity contribution in [2.75, 3.05) is 5.32 Å². The molecule has 0 fully saturated rings. The van der Waals surface area contributed by atoms with Crippen LogP contribution in [0.5, 0.6) is 0 Å². The van der Waals surface area contributed by atoms with Gasteiger partial charge < -0.3 is 15.1 Å². The molecule has 1 amide bonds. The van der Waals surface area contributed by atoms with Crippen LogP contribution in [0, 0.1) is 0 Å². The lowest BCUT2D eigenvalue weighted by molar-refractivity contribution is -0.116. The maximum Gasteiger partial charge on any atom is 0.244 e. The number of furan rings is 1. The summed E-state index contributed by atoms with van der Waals surface area (Å²) in [6.45, 7) is 1.01. The molecule has 0 aliphatic heterocycles. The first-order valence-electron chi connectivity index (χ1n) is 11.2. The first kappa shape index (κ1) is 23.8. The van der Waals surface area contributed by atoms with Crippen LogP contribution in [0.15, 0.2) is 94.2 Å². The summed E-state index contributed by atoms with van der Waals surface area (Å²) >= 11 is 9.95. The highest BCUT2D eigenvalue weighted by Gasteiger charge is 2.13. The molecule has 0 aliphatic carbocycles. The Bertz CT molecular complexity index is 1530. The topological polar surface area (TPSA) is 84.5 Å². The molecule has 36 heavy (non-hydrogen) atoms. The molecule has 5 aromatic rings. The lowest BCUT2D eigenvalue weighted by Crippen LogP contribution is -2.20. The van der Waals surface area contributed by atoms with Crippen molar-refractivity contribution in [3.63, 3.8) is 0 Å². The zero-order valence-corrected chi connectivity index (χ0v) is 21.3. The molecule has 3 aromatic heterocycles. The number of hydrogen-bond acceptors (Lipinski definition) is 5. The van der Waals surface area contributed by atoms with Crippen LogP contribution >= 0.6 is 27.5 Å². The number of benzene rings is 2. The fraction of sp³-hybridized carbons (Fsp3) is 0.0741. The summed E-state index contributed by atoms with van der Waals surface area (Å²) in [5.41, 5.74) is 4.38. The highest BCUT2D eigenvalue weighted by molar-refractivity contribution is 9.10. The number of nitrogens with one attached hydrogen (secondary N) is 2. The van der Waals surface area contributed by atoms with Gasteiger partial charge in [-0.1, -0.05) is 54.1 Å². The molecule has 0 saturated carbocycles. The van der Waals surface area contributed by atoms with Gasteiger partial charge in [-0.25, -0.2) is 4.98 Å². The van der Waals surface area contributed by atoms with Crippen LogP contribution in [0.25, 0.3) is 23.0 Å². The van der Waals surface area contributed by atoms with Gasteiger partial charge in [0.25, 0.3) is 0 Å². The number of fused-ring (bicyclic) bond motifs is 1.